The highest BCUT2D eigenvalue weighted by molar-refractivity contribution is 5.80. The molecule has 2 aliphatic rings. The highest BCUT2D eigenvalue weighted by atomic mass is 16.7. The molecule has 1 spiro atoms. The summed E-state index contributed by atoms with van der Waals surface area (Å²) in [6, 6.07) is 0. The van der Waals surface area contributed by atoms with Crippen LogP contribution in [0.2, 0.25) is 0 Å². The Kier molecular flexibility index (Phi) is 11.4. The SMILES string of the molecule is CC(=O)C(O)[C@H]1CCC[C@@]2(CCC[C@H]([C@@H](CCCOC(=O)CC(C)C)OC(=O)CC(C)C)O2)O1. The molecule has 34 heavy (non-hydrogen) atoms. The molecule has 0 saturated carbocycles. The van der Waals surface area contributed by atoms with E-state index in [1.807, 2.05) is 27.7 Å². The summed E-state index contributed by atoms with van der Waals surface area (Å²) in [4.78, 5) is 36.0. The summed E-state index contributed by atoms with van der Waals surface area (Å²) < 4.78 is 23.8. The van der Waals surface area contributed by atoms with Gasteiger partial charge in [0, 0.05) is 25.7 Å². The van der Waals surface area contributed by atoms with Crippen molar-refractivity contribution in [2.75, 3.05) is 6.61 Å². The first-order valence-corrected chi connectivity index (χ1v) is 12.9. The smallest absolute Gasteiger partial charge is 0.306 e. The monoisotopic (exact) mass is 484 g/mol. The zero-order valence-corrected chi connectivity index (χ0v) is 21.5. The predicted molar refractivity (Wildman–Crippen MR) is 126 cm³/mol. The van der Waals surface area contributed by atoms with Crippen LogP contribution in [-0.2, 0) is 33.3 Å². The number of carbonyl (C=O) groups excluding carboxylic acids is 3. The van der Waals surface area contributed by atoms with Gasteiger partial charge < -0.3 is 24.1 Å². The van der Waals surface area contributed by atoms with Gasteiger partial charge in [0.2, 0.25) is 0 Å². The maximum atomic E-state index is 12.5. The van der Waals surface area contributed by atoms with Gasteiger partial charge in [0.05, 0.1) is 18.8 Å². The lowest BCUT2D eigenvalue weighted by Gasteiger charge is -2.47. The Balaban J connectivity index is 2.02. The largest absolute Gasteiger partial charge is 0.466 e. The maximum absolute atomic E-state index is 12.5. The molecule has 2 heterocycles. The average molecular weight is 485 g/mol. The third-order valence-corrected chi connectivity index (χ3v) is 6.34. The molecule has 5 atom stereocenters. The van der Waals surface area contributed by atoms with Gasteiger partial charge in [0.1, 0.15) is 12.2 Å². The topological polar surface area (TPSA) is 108 Å². The van der Waals surface area contributed by atoms with Gasteiger partial charge in [-0.1, -0.05) is 27.7 Å². The van der Waals surface area contributed by atoms with Crippen LogP contribution in [0, 0.1) is 11.8 Å². The van der Waals surface area contributed by atoms with Crippen LogP contribution in [0.4, 0.5) is 0 Å². The second kappa shape index (κ2) is 13.5. The van der Waals surface area contributed by atoms with E-state index in [1.165, 1.54) is 6.92 Å². The molecule has 0 aromatic rings. The second-order valence-electron chi connectivity index (χ2n) is 10.7. The van der Waals surface area contributed by atoms with E-state index in [1.54, 1.807) is 0 Å². The van der Waals surface area contributed by atoms with Crippen LogP contribution >= 0.6 is 0 Å². The average Bonchev–Trinajstić information content (AvgIpc) is 2.74. The lowest BCUT2D eigenvalue weighted by Crippen LogP contribution is -2.54. The van der Waals surface area contributed by atoms with E-state index >= 15 is 0 Å². The maximum Gasteiger partial charge on any atom is 0.306 e. The lowest BCUT2D eigenvalue weighted by molar-refractivity contribution is -0.332. The number of Topliss-reactive ketones (excluding diaryl/α,β-unsaturated/α-hetero) is 1. The summed E-state index contributed by atoms with van der Waals surface area (Å²) in [5.41, 5.74) is 0. The molecule has 196 valence electrons. The van der Waals surface area contributed by atoms with E-state index in [4.69, 9.17) is 18.9 Å². The summed E-state index contributed by atoms with van der Waals surface area (Å²) in [6.07, 6.45) is 3.46. The van der Waals surface area contributed by atoms with Gasteiger partial charge >= 0.3 is 11.9 Å². The fraction of sp³-hybridized carbons (Fsp3) is 0.885. The molecule has 8 heteroatoms. The van der Waals surface area contributed by atoms with E-state index in [0.29, 0.717) is 44.9 Å². The third kappa shape index (κ3) is 9.27. The number of esters is 2. The first kappa shape index (κ1) is 28.7. The number of rotatable bonds is 12. The fourth-order valence-electron chi connectivity index (χ4n) is 4.68. The summed E-state index contributed by atoms with van der Waals surface area (Å²) in [7, 11) is 0. The van der Waals surface area contributed by atoms with Crippen molar-refractivity contribution < 1.29 is 38.4 Å². The Morgan fingerprint density at radius 2 is 1.50 bits per heavy atom. The van der Waals surface area contributed by atoms with E-state index in [0.717, 1.165) is 19.3 Å². The number of aliphatic hydroxyl groups excluding tert-OH is 1. The van der Waals surface area contributed by atoms with Crippen molar-refractivity contribution in [3.05, 3.63) is 0 Å². The van der Waals surface area contributed by atoms with E-state index in [2.05, 4.69) is 0 Å². The number of hydrogen-bond acceptors (Lipinski definition) is 8. The van der Waals surface area contributed by atoms with Crippen molar-refractivity contribution in [3.63, 3.8) is 0 Å². The molecule has 0 aromatic heterocycles. The summed E-state index contributed by atoms with van der Waals surface area (Å²) in [5.74, 6) is -1.27. The normalized spacial score (nSPS) is 26.9. The van der Waals surface area contributed by atoms with Crippen LogP contribution in [-0.4, -0.2) is 59.6 Å². The number of ketones is 1. The highest BCUT2D eigenvalue weighted by Gasteiger charge is 2.46. The summed E-state index contributed by atoms with van der Waals surface area (Å²) >= 11 is 0. The van der Waals surface area contributed by atoms with Gasteiger partial charge in [-0.25, -0.2) is 0 Å². The third-order valence-electron chi connectivity index (χ3n) is 6.34. The molecule has 2 aliphatic heterocycles. The fourth-order valence-corrected chi connectivity index (χ4v) is 4.68. The lowest BCUT2D eigenvalue weighted by atomic mass is 9.89. The number of aliphatic hydroxyl groups is 1. The predicted octanol–water partition coefficient (Wildman–Crippen LogP) is 4.10. The van der Waals surface area contributed by atoms with Gasteiger partial charge in [-0.05, 0) is 57.3 Å². The Morgan fingerprint density at radius 3 is 2.09 bits per heavy atom. The van der Waals surface area contributed by atoms with Crippen LogP contribution in [0.25, 0.3) is 0 Å². The van der Waals surface area contributed by atoms with Crippen LogP contribution in [0.3, 0.4) is 0 Å². The van der Waals surface area contributed by atoms with Crippen molar-refractivity contribution in [2.45, 2.75) is 129 Å². The number of carbonyl (C=O) groups is 3. The minimum atomic E-state index is -1.17. The van der Waals surface area contributed by atoms with E-state index in [-0.39, 0.29) is 42.3 Å². The highest BCUT2D eigenvalue weighted by Crippen LogP contribution is 2.41. The molecule has 2 fully saturated rings. The van der Waals surface area contributed by atoms with Crippen LogP contribution in [0.5, 0.6) is 0 Å². The molecular formula is C26H44O8. The zero-order valence-electron chi connectivity index (χ0n) is 21.5. The zero-order chi connectivity index (χ0) is 25.3. The van der Waals surface area contributed by atoms with Crippen LogP contribution in [0.1, 0.15) is 98.8 Å². The molecule has 0 aliphatic carbocycles. The molecule has 0 amide bonds. The van der Waals surface area contributed by atoms with Gasteiger partial charge in [-0.2, -0.15) is 0 Å². The Bertz CT molecular complexity index is 672. The summed E-state index contributed by atoms with van der Waals surface area (Å²) in [5, 5.41) is 10.2. The first-order chi connectivity index (χ1) is 16.0. The molecule has 0 bridgehead atoms. The van der Waals surface area contributed by atoms with Crippen molar-refractivity contribution in [2.24, 2.45) is 11.8 Å². The van der Waals surface area contributed by atoms with E-state index in [9.17, 15) is 19.5 Å². The van der Waals surface area contributed by atoms with E-state index < -0.39 is 24.1 Å². The van der Waals surface area contributed by atoms with Crippen LogP contribution in [0.15, 0.2) is 0 Å². The molecular weight excluding hydrogens is 440 g/mol. The minimum absolute atomic E-state index is 0.180. The number of hydrogen-bond donors (Lipinski definition) is 1. The first-order valence-electron chi connectivity index (χ1n) is 12.9. The van der Waals surface area contributed by atoms with Gasteiger partial charge in [-0.3, -0.25) is 14.4 Å². The second-order valence-corrected chi connectivity index (χ2v) is 10.7. The molecule has 1 N–H and O–H groups in total. The standard InChI is InChI=1S/C26H44O8/c1-17(2)15-23(28)31-14-8-11-20(32-24(29)16-18(3)4)21-9-6-12-26(33-21)13-7-10-22(34-26)25(30)19(5)27/h17-18,20-22,25,30H,6-16H2,1-5H3/t20-,21-,22-,25?,26-/m1/s1. The van der Waals surface area contributed by atoms with Gasteiger partial charge in [0.15, 0.2) is 11.6 Å². The van der Waals surface area contributed by atoms with Crippen molar-refractivity contribution in [1.82, 2.24) is 0 Å². The molecule has 2 saturated heterocycles. The van der Waals surface area contributed by atoms with Crippen molar-refractivity contribution >= 4 is 17.7 Å². The van der Waals surface area contributed by atoms with Crippen molar-refractivity contribution in [3.8, 4) is 0 Å². The van der Waals surface area contributed by atoms with Gasteiger partial charge in [-0.15, -0.1) is 0 Å². The van der Waals surface area contributed by atoms with Gasteiger partial charge in [0.25, 0.3) is 0 Å². The molecule has 8 nitrogen and oxygen atoms in total. The minimum Gasteiger partial charge on any atom is -0.466 e. The Labute approximate surface area is 204 Å². The molecule has 2 rings (SSSR count). The Morgan fingerprint density at radius 1 is 0.941 bits per heavy atom. The van der Waals surface area contributed by atoms with Crippen molar-refractivity contribution in [1.29, 1.82) is 0 Å². The molecule has 0 radical (unpaired) electrons. The molecule has 1 unspecified atom stereocenters. The Hall–Kier alpha value is -1.51. The quantitative estimate of drug-likeness (QED) is 0.326. The molecule has 0 aromatic carbocycles. The number of ether oxygens (including phenoxy) is 4. The summed E-state index contributed by atoms with van der Waals surface area (Å²) in [6.45, 7) is 9.49. The van der Waals surface area contributed by atoms with Crippen LogP contribution < -0.4 is 0 Å².